The topological polar surface area (TPSA) is 173 Å². The van der Waals surface area contributed by atoms with Crippen LogP contribution in [0.5, 0.6) is 0 Å². The van der Waals surface area contributed by atoms with Crippen LogP contribution in [0.1, 0.15) is 18.4 Å². The van der Waals surface area contributed by atoms with E-state index in [9.17, 15) is 13.2 Å². The maximum absolute atomic E-state index is 12.9. The highest BCUT2D eigenvalue weighted by molar-refractivity contribution is 6.33. The lowest BCUT2D eigenvalue weighted by atomic mass is 10.0. The Bertz CT molecular complexity index is 980. The fraction of sp³-hybridized carbons (Fsp3) is 0.550. The number of halogens is 5. The minimum Gasteiger partial charge on any atom is -0.338 e. The number of aromatic nitrogens is 3. The Kier molecular flexibility index (Phi) is 8.90. The molecule has 4 atom stereocenters. The summed E-state index contributed by atoms with van der Waals surface area (Å²) in [6.45, 7) is 2.03. The monoisotopic (exact) mass is 551 g/mol. The van der Waals surface area contributed by atoms with Crippen molar-refractivity contribution in [3.63, 3.8) is 0 Å². The van der Waals surface area contributed by atoms with Crippen LogP contribution in [0.25, 0.3) is 0 Å². The van der Waals surface area contributed by atoms with E-state index in [1.165, 1.54) is 6.07 Å². The molecule has 2 aliphatic rings. The van der Waals surface area contributed by atoms with Gasteiger partial charge in [0.1, 0.15) is 0 Å². The molecule has 0 unspecified atom stereocenters. The van der Waals surface area contributed by atoms with Gasteiger partial charge < -0.3 is 32.7 Å². The van der Waals surface area contributed by atoms with E-state index in [0.717, 1.165) is 12.1 Å². The molecule has 3 heterocycles. The first-order valence-corrected chi connectivity index (χ1v) is 11.5. The van der Waals surface area contributed by atoms with Crippen molar-refractivity contribution in [2.24, 2.45) is 22.9 Å². The van der Waals surface area contributed by atoms with Gasteiger partial charge in [-0.2, -0.15) is 28.1 Å². The molecular formula is C20H30Cl2F3N11. The van der Waals surface area contributed by atoms with Gasteiger partial charge in [0.15, 0.2) is 0 Å². The van der Waals surface area contributed by atoms with Crippen LogP contribution in [0, 0.1) is 0 Å². The van der Waals surface area contributed by atoms with E-state index >= 15 is 0 Å². The predicted molar refractivity (Wildman–Crippen MR) is 136 cm³/mol. The lowest BCUT2D eigenvalue weighted by Gasteiger charge is -2.37. The number of anilines is 4. The molecule has 1 aromatic carbocycles. The first-order valence-electron chi connectivity index (χ1n) is 11.1. The summed E-state index contributed by atoms with van der Waals surface area (Å²) < 4.78 is 38.8. The second-order valence-corrected chi connectivity index (χ2v) is 9.43. The number of hydrogen-bond donors (Lipinski definition) is 6. The molecular weight excluding hydrogens is 522 g/mol. The van der Waals surface area contributed by atoms with Crippen LogP contribution in [-0.2, 0) is 6.18 Å². The van der Waals surface area contributed by atoms with Gasteiger partial charge in [-0.1, -0.05) is 11.6 Å². The van der Waals surface area contributed by atoms with Gasteiger partial charge in [-0.15, -0.1) is 12.4 Å². The number of rotatable bonds is 5. The molecule has 11 nitrogen and oxygen atoms in total. The Labute approximate surface area is 217 Å². The van der Waals surface area contributed by atoms with Gasteiger partial charge in [0.2, 0.25) is 17.8 Å². The second-order valence-electron chi connectivity index (χ2n) is 9.02. The van der Waals surface area contributed by atoms with E-state index in [1.54, 1.807) is 0 Å². The molecule has 1 aromatic heterocycles. The molecule has 0 saturated carbocycles. The minimum atomic E-state index is -4.50. The Morgan fingerprint density at radius 1 is 0.806 bits per heavy atom. The molecule has 2 aliphatic heterocycles. The van der Waals surface area contributed by atoms with Crippen LogP contribution >= 0.6 is 24.0 Å². The molecule has 0 aliphatic carbocycles. The first-order chi connectivity index (χ1) is 16.5. The molecule has 36 heavy (non-hydrogen) atoms. The Balaban J connectivity index is 0.00000361. The third-order valence-electron chi connectivity index (χ3n) is 5.81. The fourth-order valence-electron chi connectivity index (χ4n) is 4.29. The summed E-state index contributed by atoms with van der Waals surface area (Å²) in [4.78, 5) is 17.3. The van der Waals surface area contributed by atoms with Crippen molar-refractivity contribution < 1.29 is 13.2 Å². The number of nitrogens with two attached hydrogens (primary N) is 4. The SMILES string of the molecule is Cl.N[C@@H]1C[C@H](N)CN(c2nc(NNc3ccc(C(F)(F)F)cc3Cl)nc(N3C[C@H](N)C[C@H](N)C3)n2)C1. The molecule has 4 rings (SSSR count). The number of hydrogen-bond acceptors (Lipinski definition) is 11. The lowest BCUT2D eigenvalue weighted by Crippen LogP contribution is -2.54. The highest BCUT2D eigenvalue weighted by atomic mass is 35.5. The van der Waals surface area contributed by atoms with Gasteiger partial charge in [-0.05, 0) is 31.0 Å². The smallest absolute Gasteiger partial charge is 0.338 e. The first kappa shape index (κ1) is 28.2. The molecule has 0 bridgehead atoms. The largest absolute Gasteiger partial charge is 0.416 e. The van der Waals surface area contributed by atoms with Gasteiger partial charge in [0.25, 0.3) is 0 Å². The highest BCUT2D eigenvalue weighted by Gasteiger charge is 2.31. The molecule has 2 aromatic rings. The Morgan fingerprint density at radius 3 is 1.69 bits per heavy atom. The van der Waals surface area contributed by atoms with E-state index in [2.05, 4.69) is 25.8 Å². The summed E-state index contributed by atoms with van der Waals surface area (Å²) in [7, 11) is 0. The van der Waals surface area contributed by atoms with Crippen LogP contribution in [0.4, 0.5) is 36.7 Å². The van der Waals surface area contributed by atoms with E-state index in [0.29, 0.717) is 50.9 Å². The molecule has 200 valence electrons. The van der Waals surface area contributed by atoms with Gasteiger partial charge in [-0.25, -0.2) is 0 Å². The van der Waals surface area contributed by atoms with E-state index in [-0.39, 0.29) is 53.2 Å². The van der Waals surface area contributed by atoms with Crippen LogP contribution in [0.3, 0.4) is 0 Å². The van der Waals surface area contributed by atoms with Crippen LogP contribution in [-0.4, -0.2) is 65.3 Å². The normalized spacial score (nSPS) is 24.8. The lowest BCUT2D eigenvalue weighted by molar-refractivity contribution is -0.137. The standard InChI is InChI=1S/C20H29ClF3N11.ClH/c21-15-3-10(20(22,23)24)1-2-16(15)32-33-17-29-18(34-6-11(25)4-12(26)7-34)31-19(30-17)35-8-13(27)5-14(28)9-35;/h1-3,11-14,32H,4-9,25-28H2,(H,29,30,31,33);1H/t11-,12+,13-,14+;. The quantitative estimate of drug-likeness (QED) is 0.294. The van der Waals surface area contributed by atoms with E-state index < -0.39 is 11.7 Å². The van der Waals surface area contributed by atoms with Crippen LogP contribution < -0.4 is 43.6 Å². The zero-order valence-electron chi connectivity index (χ0n) is 19.2. The van der Waals surface area contributed by atoms with Crippen molar-refractivity contribution in [2.75, 3.05) is 46.8 Å². The molecule has 10 N–H and O–H groups in total. The Hall–Kier alpha value is -2.36. The van der Waals surface area contributed by atoms with Gasteiger partial charge in [0.05, 0.1) is 16.3 Å². The highest BCUT2D eigenvalue weighted by Crippen LogP contribution is 2.33. The zero-order valence-corrected chi connectivity index (χ0v) is 20.8. The average Bonchev–Trinajstić information content (AvgIpc) is 2.76. The zero-order chi connectivity index (χ0) is 25.3. The molecule has 0 amide bonds. The maximum Gasteiger partial charge on any atom is 0.416 e. The number of benzene rings is 1. The van der Waals surface area contributed by atoms with Gasteiger partial charge >= 0.3 is 6.18 Å². The number of nitrogens with one attached hydrogen (secondary N) is 2. The van der Waals surface area contributed by atoms with Crippen LogP contribution in [0.2, 0.25) is 5.02 Å². The summed E-state index contributed by atoms with van der Waals surface area (Å²) in [6, 6.07) is 2.41. The fourth-order valence-corrected chi connectivity index (χ4v) is 4.52. The number of alkyl halides is 3. The maximum atomic E-state index is 12.9. The van der Waals surface area contributed by atoms with Gasteiger partial charge in [0, 0.05) is 50.3 Å². The molecule has 0 radical (unpaired) electrons. The summed E-state index contributed by atoms with van der Waals surface area (Å²) in [5, 5.41) is -0.122. The number of hydrazine groups is 1. The van der Waals surface area contributed by atoms with Crippen molar-refractivity contribution in [3.8, 4) is 0 Å². The number of piperidine rings is 2. The van der Waals surface area contributed by atoms with Crippen molar-refractivity contribution in [1.82, 2.24) is 15.0 Å². The van der Waals surface area contributed by atoms with Crippen molar-refractivity contribution in [3.05, 3.63) is 28.8 Å². The molecule has 0 spiro atoms. The molecule has 2 saturated heterocycles. The van der Waals surface area contributed by atoms with Crippen molar-refractivity contribution in [2.45, 2.75) is 43.2 Å². The Morgan fingerprint density at radius 2 is 1.28 bits per heavy atom. The average molecular weight is 552 g/mol. The summed E-state index contributed by atoms with van der Waals surface area (Å²) in [5.74, 6) is 0.841. The number of nitrogens with zero attached hydrogens (tertiary/aromatic N) is 5. The summed E-state index contributed by atoms with van der Waals surface area (Å²) in [5.41, 5.74) is 29.5. The third kappa shape index (κ3) is 6.89. The summed E-state index contributed by atoms with van der Waals surface area (Å²) in [6.07, 6.45) is -3.13. The second kappa shape index (κ2) is 11.4. The van der Waals surface area contributed by atoms with Crippen LogP contribution in [0.15, 0.2) is 18.2 Å². The van der Waals surface area contributed by atoms with E-state index in [4.69, 9.17) is 34.5 Å². The van der Waals surface area contributed by atoms with Crippen molar-refractivity contribution >= 4 is 47.5 Å². The third-order valence-corrected chi connectivity index (χ3v) is 6.13. The predicted octanol–water partition coefficient (Wildman–Crippen LogP) is 1.13. The van der Waals surface area contributed by atoms with Crippen molar-refractivity contribution in [1.29, 1.82) is 0 Å². The van der Waals surface area contributed by atoms with E-state index in [1.807, 2.05) is 9.80 Å². The molecule has 16 heteroatoms. The minimum absolute atomic E-state index is 0. The molecule has 2 fully saturated rings. The van der Waals surface area contributed by atoms with Gasteiger partial charge in [-0.3, -0.25) is 10.9 Å². The summed E-state index contributed by atoms with van der Waals surface area (Å²) >= 11 is 6.04.